The molecule has 5 N–H and O–H groups in total. The largest absolute Gasteiger partial charge is 0.508 e. The van der Waals surface area contributed by atoms with E-state index in [2.05, 4.69) is 35.0 Å². The summed E-state index contributed by atoms with van der Waals surface area (Å²) in [4.78, 5) is 23.5. The van der Waals surface area contributed by atoms with E-state index in [0.29, 0.717) is 28.3 Å². The molecule has 10 nitrogen and oxygen atoms in total. The predicted octanol–water partition coefficient (Wildman–Crippen LogP) is 3.62. The van der Waals surface area contributed by atoms with Crippen LogP contribution in [0.15, 0.2) is 61.2 Å². The number of aromatic amines is 2. The second-order valence-electron chi connectivity index (χ2n) is 9.12. The number of fused-ring (bicyclic) bond motifs is 2. The molecule has 0 spiro atoms. The number of nitrogens with two attached hydrogens (primary N) is 1. The van der Waals surface area contributed by atoms with Crippen molar-refractivity contribution < 1.29 is 9.50 Å². The van der Waals surface area contributed by atoms with Crippen molar-refractivity contribution in [2.45, 2.75) is 6.04 Å². The first-order valence-electron chi connectivity index (χ1n) is 11.7. The second kappa shape index (κ2) is 8.07. The lowest BCUT2D eigenvalue weighted by Crippen LogP contribution is -2.56. The van der Waals surface area contributed by atoms with Crippen molar-refractivity contribution in [2.75, 3.05) is 18.0 Å². The van der Waals surface area contributed by atoms with Gasteiger partial charge in [-0.3, -0.25) is 15.1 Å². The second-order valence-corrected chi connectivity index (χ2v) is 9.12. The molecular formula is C26H20FN9O. The Labute approximate surface area is 209 Å². The summed E-state index contributed by atoms with van der Waals surface area (Å²) in [6.07, 6.45) is 6.77. The van der Waals surface area contributed by atoms with Crippen LogP contribution in [0.2, 0.25) is 0 Å². The number of pyridine rings is 2. The van der Waals surface area contributed by atoms with Crippen LogP contribution in [0, 0.1) is 5.82 Å². The molecule has 5 aromatic heterocycles. The maximum Gasteiger partial charge on any atom is 0.147 e. The smallest absolute Gasteiger partial charge is 0.147 e. The summed E-state index contributed by atoms with van der Waals surface area (Å²) in [5.41, 5.74) is 11.3. The van der Waals surface area contributed by atoms with Crippen molar-refractivity contribution in [3.8, 4) is 39.7 Å². The van der Waals surface area contributed by atoms with Crippen LogP contribution in [0.1, 0.15) is 0 Å². The van der Waals surface area contributed by atoms with E-state index in [-0.39, 0.29) is 11.8 Å². The maximum atomic E-state index is 14.0. The van der Waals surface area contributed by atoms with E-state index in [9.17, 15) is 9.50 Å². The SMILES string of the molecule is NC1CN(c2cncc(-c3cc4c(-c5cc6c(-c7cc(O)cc(F)c7)ccnc6[nH]5)n[nH]c4cn3)n2)C1. The summed E-state index contributed by atoms with van der Waals surface area (Å²) in [6, 6.07) is 9.77. The summed E-state index contributed by atoms with van der Waals surface area (Å²) in [5, 5.41) is 19.1. The van der Waals surface area contributed by atoms with Crippen molar-refractivity contribution >= 4 is 27.8 Å². The molecule has 182 valence electrons. The average molecular weight is 494 g/mol. The molecule has 0 radical (unpaired) electrons. The number of aromatic nitrogens is 7. The highest BCUT2D eigenvalue weighted by molar-refractivity contribution is 6.00. The van der Waals surface area contributed by atoms with Gasteiger partial charge in [0.25, 0.3) is 0 Å². The van der Waals surface area contributed by atoms with Gasteiger partial charge in [-0.15, -0.1) is 0 Å². The highest BCUT2D eigenvalue weighted by Gasteiger charge is 2.25. The fourth-order valence-electron chi connectivity index (χ4n) is 4.73. The van der Waals surface area contributed by atoms with E-state index in [1.54, 1.807) is 30.9 Å². The lowest BCUT2D eigenvalue weighted by atomic mass is 10.0. The molecule has 1 aliphatic rings. The number of halogens is 1. The van der Waals surface area contributed by atoms with E-state index in [1.807, 2.05) is 12.1 Å². The zero-order valence-corrected chi connectivity index (χ0v) is 19.4. The van der Waals surface area contributed by atoms with E-state index >= 15 is 0 Å². The number of nitrogens with zero attached hydrogens (tertiary/aromatic N) is 6. The number of anilines is 1. The number of rotatable bonds is 4. The molecule has 6 heterocycles. The number of benzene rings is 1. The van der Waals surface area contributed by atoms with Crippen LogP contribution in [-0.4, -0.2) is 59.4 Å². The molecule has 7 rings (SSSR count). The Morgan fingerprint density at radius 2 is 1.89 bits per heavy atom. The van der Waals surface area contributed by atoms with Crippen LogP contribution >= 0.6 is 0 Å². The fraction of sp³-hybridized carbons (Fsp3) is 0.115. The standard InChI is InChI=1S/C26H20FN9O/c27-14-3-13(4-16(37)5-14)17-1-2-30-26-18(17)6-21(33-26)25-19-7-20(31-9-22(19)34-35-25)23-8-29-10-24(32-23)36-11-15(28)12-36/h1-10,15,37H,11-12,28H2,(H,30,33)(H,34,35). The van der Waals surface area contributed by atoms with Crippen LogP contribution < -0.4 is 10.6 Å². The lowest BCUT2D eigenvalue weighted by molar-refractivity contribution is 0.469. The molecule has 11 heteroatoms. The molecule has 0 amide bonds. The zero-order chi connectivity index (χ0) is 25.1. The topological polar surface area (TPSA) is 146 Å². The van der Waals surface area contributed by atoms with Crippen LogP contribution in [0.5, 0.6) is 5.75 Å². The minimum Gasteiger partial charge on any atom is -0.508 e. The Balaban J connectivity index is 1.31. The molecule has 0 unspecified atom stereocenters. The van der Waals surface area contributed by atoms with E-state index in [1.165, 1.54) is 12.1 Å². The molecule has 0 bridgehead atoms. The van der Waals surface area contributed by atoms with Gasteiger partial charge in [0, 0.05) is 42.2 Å². The Morgan fingerprint density at radius 3 is 2.73 bits per heavy atom. The molecule has 1 aliphatic heterocycles. The van der Waals surface area contributed by atoms with Crippen molar-refractivity contribution in [1.29, 1.82) is 0 Å². The number of hydrogen-bond donors (Lipinski definition) is 4. The number of hydrogen-bond acceptors (Lipinski definition) is 8. The Hall–Kier alpha value is -4.90. The summed E-state index contributed by atoms with van der Waals surface area (Å²) in [5.74, 6) is 0.113. The van der Waals surface area contributed by atoms with Crippen molar-refractivity contribution in [1.82, 2.24) is 35.1 Å². The van der Waals surface area contributed by atoms with Gasteiger partial charge in [-0.2, -0.15) is 5.10 Å². The average Bonchev–Trinajstić information content (AvgIpc) is 3.49. The van der Waals surface area contributed by atoms with Gasteiger partial charge in [0.05, 0.1) is 35.5 Å². The van der Waals surface area contributed by atoms with Gasteiger partial charge in [-0.05, 0) is 41.5 Å². The third kappa shape index (κ3) is 3.64. The first kappa shape index (κ1) is 21.4. The van der Waals surface area contributed by atoms with Crippen LogP contribution in [-0.2, 0) is 0 Å². The summed E-state index contributed by atoms with van der Waals surface area (Å²) < 4.78 is 14.0. The molecule has 1 saturated heterocycles. The number of aromatic hydroxyl groups is 1. The molecule has 0 saturated carbocycles. The van der Waals surface area contributed by atoms with Gasteiger partial charge >= 0.3 is 0 Å². The van der Waals surface area contributed by atoms with Gasteiger partial charge < -0.3 is 20.7 Å². The normalized spacial score (nSPS) is 13.9. The molecule has 6 aromatic rings. The summed E-state index contributed by atoms with van der Waals surface area (Å²) in [6.45, 7) is 1.50. The first-order valence-corrected chi connectivity index (χ1v) is 11.7. The van der Waals surface area contributed by atoms with Crippen LogP contribution in [0.3, 0.4) is 0 Å². The van der Waals surface area contributed by atoms with Gasteiger partial charge in [0.15, 0.2) is 0 Å². The van der Waals surface area contributed by atoms with Gasteiger partial charge in [0.2, 0.25) is 0 Å². The molecular weight excluding hydrogens is 473 g/mol. The highest BCUT2D eigenvalue weighted by atomic mass is 19.1. The van der Waals surface area contributed by atoms with Crippen molar-refractivity contribution in [3.05, 3.63) is 67.0 Å². The highest BCUT2D eigenvalue weighted by Crippen LogP contribution is 2.35. The zero-order valence-electron chi connectivity index (χ0n) is 19.4. The number of nitrogens with one attached hydrogen (secondary N) is 2. The lowest BCUT2D eigenvalue weighted by Gasteiger charge is -2.37. The van der Waals surface area contributed by atoms with Gasteiger partial charge in [0.1, 0.15) is 34.4 Å². The first-order chi connectivity index (χ1) is 18.0. The number of phenols is 1. The Kier molecular flexibility index (Phi) is 4.66. The Morgan fingerprint density at radius 1 is 1.00 bits per heavy atom. The molecule has 1 aromatic carbocycles. The van der Waals surface area contributed by atoms with Crippen molar-refractivity contribution in [3.63, 3.8) is 0 Å². The van der Waals surface area contributed by atoms with Crippen LogP contribution in [0.25, 0.3) is 55.8 Å². The van der Waals surface area contributed by atoms with Gasteiger partial charge in [-0.25, -0.2) is 14.4 Å². The fourth-order valence-corrected chi connectivity index (χ4v) is 4.73. The minimum absolute atomic E-state index is 0.141. The Bertz CT molecular complexity index is 1790. The number of H-pyrrole nitrogens is 2. The monoisotopic (exact) mass is 493 g/mol. The molecule has 0 aliphatic carbocycles. The van der Waals surface area contributed by atoms with Gasteiger partial charge in [-0.1, -0.05) is 0 Å². The minimum atomic E-state index is -0.516. The maximum absolute atomic E-state index is 14.0. The summed E-state index contributed by atoms with van der Waals surface area (Å²) in [7, 11) is 0. The summed E-state index contributed by atoms with van der Waals surface area (Å²) >= 11 is 0. The molecule has 1 fully saturated rings. The molecule has 0 atom stereocenters. The van der Waals surface area contributed by atoms with Crippen molar-refractivity contribution in [2.24, 2.45) is 5.73 Å². The third-order valence-electron chi connectivity index (χ3n) is 6.55. The predicted molar refractivity (Wildman–Crippen MR) is 137 cm³/mol. The van der Waals surface area contributed by atoms with E-state index in [4.69, 9.17) is 10.7 Å². The molecule has 37 heavy (non-hydrogen) atoms. The van der Waals surface area contributed by atoms with E-state index < -0.39 is 5.82 Å². The number of phenolic OH excluding ortho intramolecular Hbond substituents is 1. The quantitative estimate of drug-likeness (QED) is 0.291. The third-order valence-corrected chi connectivity index (χ3v) is 6.55. The van der Waals surface area contributed by atoms with Crippen LogP contribution in [0.4, 0.5) is 10.2 Å². The van der Waals surface area contributed by atoms with E-state index in [0.717, 1.165) is 52.5 Å².